The molecule has 29 heavy (non-hydrogen) atoms. The fraction of sp³-hybridized carbons (Fsp3) is 0.143. The number of ketones is 1. The summed E-state index contributed by atoms with van der Waals surface area (Å²) in [5.74, 6) is 0.326. The summed E-state index contributed by atoms with van der Waals surface area (Å²) in [5.41, 5.74) is 1.69. The predicted octanol–water partition coefficient (Wildman–Crippen LogP) is 3.79. The summed E-state index contributed by atoms with van der Waals surface area (Å²) in [5, 5.41) is 3.32. The molecule has 0 aliphatic rings. The van der Waals surface area contributed by atoms with Crippen molar-refractivity contribution < 1.29 is 17.9 Å². The number of rotatable bonds is 8. The minimum atomic E-state index is -3.45. The van der Waals surface area contributed by atoms with Crippen LogP contribution >= 0.6 is 11.3 Å². The molecule has 2 aromatic heterocycles. The lowest BCUT2D eigenvalue weighted by atomic mass is 10.1. The third kappa shape index (κ3) is 4.72. The molecule has 0 radical (unpaired) electrons. The Bertz CT molecular complexity index is 1190. The van der Waals surface area contributed by atoms with Gasteiger partial charge in [-0.3, -0.25) is 4.79 Å². The second-order valence-electron chi connectivity index (χ2n) is 6.55. The molecule has 0 unspecified atom stereocenters. The summed E-state index contributed by atoms with van der Waals surface area (Å²) in [6, 6.07) is 16.0. The van der Waals surface area contributed by atoms with Gasteiger partial charge in [-0.15, -0.1) is 11.3 Å². The van der Waals surface area contributed by atoms with Gasteiger partial charge >= 0.3 is 0 Å². The molecule has 0 saturated heterocycles. The average Bonchev–Trinajstić information content (AvgIpc) is 3.35. The number of carbonyl (C=O) groups excluding carboxylic acids is 1. The van der Waals surface area contributed by atoms with E-state index in [1.807, 2.05) is 30.3 Å². The molecule has 2 heterocycles. The van der Waals surface area contributed by atoms with Gasteiger partial charge in [0.1, 0.15) is 17.4 Å². The molecule has 4 aromatic rings. The molecule has 0 amide bonds. The van der Waals surface area contributed by atoms with Gasteiger partial charge in [0.25, 0.3) is 0 Å². The number of thiazole rings is 1. The van der Waals surface area contributed by atoms with E-state index in [1.165, 1.54) is 23.5 Å². The fourth-order valence-electron chi connectivity index (χ4n) is 2.95. The van der Waals surface area contributed by atoms with Crippen LogP contribution in [0.25, 0.3) is 10.9 Å². The highest BCUT2D eigenvalue weighted by Crippen LogP contribution is 2.20. The molecular formula is C21H18N2O4S2. The normalized spacial score (nSPS) is 11.6. The van der Waals surface area contributed by atoms with Crippen LogP contribution in [0.2, 0.25) is 0 Å². The van der Waals surface area contributed by atoms with Crippen molar-refractivity contribution in [1.29, 1.82) is 0 Å². The Labute approximate surface area is 172 Å². The Kier molecular flexibility index (Phi) is 5.46. The molecule has 6 nitrogen and oxygen atoms in total. The third-order valence-corrected chi connectivity index (χ3v) is 6.98. The van der Waals surface area contributed by atoms with E-state index in [2.05, 4.69) is 9.97 Å². The Hall–Kier alpha value is -2.97. The van der Waals surface area contributed by atoms with Crippen molar-refractivity contribution in [2.75, 3.05) is 6.61 Å². The van der Waals surface area contributed by atoms with Gasteiger partial charge in [0.2, 0.25) is 0 Å². The lowest BCUT2D eigenvalue weighted by Gasteiger charge is -2.06. The molecule has 0 aliphatic heterocycles. The summed E-state index contributed by atoms with van der Waals surface area (Å²) >= 11 is 1.31. The van der Waals surface area contributed by atoms with E-state index in [1.54, 1.807) is 23.7 Å². The van der Waals surface area contributed by atoms with Gasteiger partial charge in [-0.25, -0.2) is 13.4 Å². The monoisotopic (exact) mass is 426 g/mol. The maximum atomic E-state index is 12.4. The van der Waals surface area contributed by atoms with Gasteiger partial charge in [-0.1, -0.05) is 30.3 Å². The van der Waals surface area contributed by atoms with Crippen molar-refractivity contribution in [1.82, 2.24) is 9.97 Å². The SMILES string of the molecule is O=C(COc1cc2ccccc2[nH]1)Cc1ccc(S(=O)(=O)Cc2nccs2)cc1. The van der Waals surface area contributed by atoms with Crippen molar-refractivity contribution >= 4 is 37.9 Å². The minimum absolute atomic E-state index is 0.0586. The van der Waals surface area contributed by atoms with Crippen LogP contribution in [0.3, 0.4) is 0 Å². The van der Waals surface area contributed by atoms with Crippen molar-refractivity contribution in [2.45, 2.75) is 17.1 Å². The smallest absolute Gasteiger partial charge is 0.192 e. The number of benzene rings is 2. The van der Waals surface area contributed by atoms with E-state index in [0.717, 1.165) is 16.5 Å². The van der Waals surface area contributed by atoms with Crippen molar-refractivity contribution in [3.05, 3.63) is 76.7 Å². The van der Waals surface area contributed by atoms with Crippen LogP contribution in [0.5, 0.6) is 5.88 Å². The van der Waals surface area contributed by atoms with E-state index in [-0.39, 0.29) is 29.5 Å². The van der Waals surface area contributed by atoms with Gasteiger partial charge in [0.15, 0.2) is 21.5 Å². The highest BCUT2D eigenvalue weighted by Gasteiger charge is 2.17. The van der Waals surface area contributed by atoms with Gasteiger partial charge < -0.3 is 9.72 Å². The first kappa shape index (κ1) is 19.4. The quantitative estimate of drug-likeness (QED) is 0.463. The Morgan fingerprint density at radius 1 is 1.10 bits per heavy atom. The highest BCUT2D eigenvalue weighted by molar-refractivity contribution is 7.90. The first-order chi connectivity index (χ1) is 14.0. The van der Waals surface area contributed by atoms with Crippen LogP contribution in [-0.4, -0.2) is 30.8 Å². The van der Waals surface area contributed by atoms with Crippen LogP contribution in [0.15, 0.2) is 71.1 Å². The zero-order valence-corrected chi connectivity index (χ0v) is 17.0. The van der Waals surface area contributed by atoms with E-state index < -0.39 is 9.84 Å². The molecule has 0 saturated carbocycles. The second-order valence-corrected chi connectivity index (χ2v) is 9.52. The lowest BCUT2D eigenvalue weighted by Crippen LogP contribution is -2.14. The molecule has 8 heteroatoms. The zero-order valence-electron chi connectivity index (χ0n) is 15.4. The van der Waals surface area contributed by atoms with Crippen molar-refractivity contribution in [3.8, 4) is 5.88 Å². The summed E-state index contributed by atoms with van der Waals surface area (Å²) in [4.78, 5) is 19.6. The number of para-hydroxylation sites is 1. The van der Waals surface area contributed by atoms with Gasteiger partial charge in [0.05, 0.1) is 4.90 Å². The van der Waals surface area contributed by atoms with Crippen LogP contribution in [0.1, 0.15) is 10.6 Å². The van der Waals surface area contributed by atoms with Gasteiger partial charge in [0, 0.05) is 35.0 Å². The Morgan fingerprint density at radius 3 is 2.62 bits per heavy atom. The number of carbonyl (C=O) groups is 1. The van der Waals surface area contributed by atoms with Gasteiger partial charge in [-0.05, 0) is 23.8 Å². The molecule has 0 atom stereocenters. The molecule has 4 rings (SSSR count). The van der Waals surface area contributed by atoms with Crippen LogP contribution < -0.4 is 4.74 Å². The van der Waals surface area contributed by atoms with E-state index in [0.29, 0.717) is 10.9 Å². The van der Waals surface area contributed by atoms with Crippen LogP contribution in [0, 0.1) is 0 Å². The zero-order chi connectivity index (χ0) is 20.3. The standard InChI is InChI=1S/C21H18N2O4S2/c24-17(13-27-20-12-16-3-1-2-4-19(16)23-20)11-15-5-7-18(8-6-15)29(25,26)14-21-22-9-10-28-21/h1-10,12,23H,11,13-14H2. The van der Waals surface area contributed by atoms with E-state index in [9.17, 15) is 13.2 Å². The highest BCUT2D eigenvalue weighted by atomic mass is 32.2. The summed E-state index contributed by atoms with van der Waals surface area (Å²) in [7, 11) is -3.45. The first-order valence-corrected chi connectivity index (χ1v) is 11.5. The second kappa shape index (κ2) is 8.18. The fourth-order valence-corrected chi connectivity index (χ4v) is 5.20. The molecule has 0 fully saturated rings. The van der Waals surface area contributed by atoms with E-state index in [4.69, 9.17) is 4.74 Å². The van der Waals surface area contributed by atoms with Gasteiger partial charge in [-0.2, -0.15) is 0 Å². The Balaban J connectivity index is 1.35. The topological polar surface area (TPSA) is 89.1 Å². The molecule has 2 aromatic carbocycles. The summed E-state index contributed by atoms with van der Waals surface area (Å²) in [6.45, 7) is -0.0586. The number of sulfone groups is 1. The number of aromatic amines is 1. The predicted molar refractivity (Wildman–Crippen MR) is 112 cm³/mol. The average molecular weight is 427 g/mol. The molecule has 0 spiro atoms. The first-order valence-electron chi connectivity index (χ1n) is 8.92. The molecule has 0 aliphatic carbocycles. The summed E-state index contributed by atoms with van der Waals surface area (Å²) < 4.78 is 30.4. The van der Waals surface area contributed by atoms with Crippen molar-refractivity contribution in [2.24, 2.45) is 0 Å². The molecular weight excluding hydrogens is 408 g/mol. The van der Waals surface area contributed by atoms with E-state index >= 15 is 0 Å². The summed E-state index contributed by atoms with van der Waals surface area (Å²) in [6.07, 6.45) is 1.76. The number of H-pyrrole nitrogens is 1. The number of hydrogen-bond acceptors (Lipinski definition) is 6. The number of hydrogen-bond donors (Lipinski definition) is 1. The van der Waals surface area contributed by atoms with Crippen LogP contribution in [0.4, 0.5) is 0 Å². The number of aromatic nitrogens is 2. The molecule has 148 valence electrons. The third-order valence-electron chi connectivity index (χ3n) is 4.37. The largest absolute Gasteiger partial charge is 0.471 e. The minimum Gasteiger partial charge on any atom is -0.471 e. The number of nitrogens with one attached hydrogen (secondary N) is 1. The number of Topliss-reactive ketones (excluding diaryl/α,β-unsaturated/α-hetero) is 1. The maximum absolute atomic E-state index is 12.4. The lowest BCUT2D eigenvalue weighted by molar-refractivity contribution is -0.120. The number of nitrogens with zero attached hydrogens (tertiary/aromatic N) is 1. The van der Waals surface area contributed by atoms with Crippen LogP contribution in [-0.2, 0) is 26.8 Å². The number of fused-ring (bicyclic) bond motifs is 1. The van der Waals surface area contributed by atoms with Crippen molar-refractivity contribution in [3.63, 3.8) is 0 Å². The Morgan fingerprint density at radius 2 is 1.90 bits per heavy atom. The molecule has 1 N–H and O–H groups in total. The maximum Gasteiger partial charge on any atom is 0.192 e. The number of ether oxygens (including phenoxy) is 1. The molecule has 0 bridgehead atoms.